The Morgan fingerprint density at radius 3 is 2.33 bits per heavy atom. The van der Waals surface area contributed by atoms with Gasteiger partial charge in [-0.1, -0.05) is 60.2 Å². The van der Waals surface area contributed by atoms with Crippen molar-refractivity contribution in [2.45, 2.75) is 25.8 Å². The van der Waals surface area contributed by atoms with Gasteiger partial charge in [0, 0.05) is 23.2 Å². The molecule has 33 heavy (non-hydrogen) atoms. The zero-order chi connectivity index (χ0) is 22.6. The number of hydrogen-bond donors (Lipinski definition) is 1. The predicted molar refractivity (Wildman–Crippen MR) is 133 cm³/mol. The van der Waals surface area contributed by atoms with Gasteiger partial charge in [-0.15, -0.1) is 0 Å². The number of hydrogen-bond acceptors (Lipinski definition) is 5. The second-order valence-electron chi connectivity index (χ2n) is 8.38. The van der Waals surface area contributed by atoms with E-state index < -0.39 is 0 Å². The summed E-state index contributed by atoms with van der Waals surface area (Å²) in [6.45, 7) is 3.24. The first kappa shape index (κ1) is 21.5. The van der Waals surface area contributed by atoms with Crippen molar-refractivity contribution in [3.63, 3.8) is 0 Å². The Labute approximate surface area is 197 Å². The van der Waals surface area contributed by atoms with Crippen molar-refractivity contribution in [1.82, 2.24) is 9.88 Å². The molecule has 5 rings (SSSR count). The fourth-order valence-electron chi connectivity index (χ4n) is 4.18. The Kier molecular flexibility index (Phi) is 6.28. The first-order valence-electron chi connectivity index (χ1n) is 11.3. The third-order valence-corrected chi connectivity index (χ3v) is 6.91. The highest BCUT2D eigenvalue weighted by atomic mass is 32.1. The monoisotopic (exact) mass is 455 g/mol. The molecule has 1 N–H and O–H groups in total. The second-order valence-corrected chi connectivity index (χ2v) is 9.42. The van der Waals surface area contributed by atoms with Gasteiger partial charge in [-0.05, 0) is 61.8 Å². The standard InChI is InChI=1S/C27H25N3O2S/c31-25(20-7-3-1-4-8-20)22-13-14-23-24(17-22)33-27(28-23)29-26(32)21-11-9-19(10-12-21)18-30-15-5-2-6-16-30/h1,3-4,7-14,17H,2,5-6,15-16,18H2,(H,28,29,32). The lowest BCUT2D eigenvalue weighted by atomic mass is 10.0. The topological polar surface area (TPSA) is 62.3 Å². The fraction of sp³-hybridized carbons (Fsp3) is 0.222. The maximum atomic E-state index is 12.7. The molecule has 2 heterocycles. The minimum Gasteiger partial charge on any atom is -0.299 e. The summed E-state index contributed by atoms with van der Waals surface area (Å²) in [7, 11) is 0. The second kappa shape index (κ2) is 9.65. The van der Waals surface area contributed by atoms with E-state index in [1.807, 2.05) is 66.7 Å². The van der Waals surface area contributed by atoms with E-state index in [1.165, 1.54) is 36.2 Å². The van der Waals surface area contributed by atoms with Crippen LogP contribution in [0, 0.1) is 0 Å². The van der Waals surface area contributed by atoms with Gasteiger partial charge in [-0.3, -0.25) is 19.8 Å². The van der Waals surface area contributed by atoms with Gasteiger partial charge in [0.25, 0.3) is 5.91 Å². The number of likely N-dealkylation sites (tertiary alicyclic amines) is 1. The third kappa shape index (κ3) is 5.02. The summed E-state index contributed by atoms with van der Waals surface area (Å²) in [5.74, 6) is -0.208. The van der Waals surface area contributed by atoms with Crippen molar-refractivity contribution in [2.24, 2.45) is 0 Å². The lowest BCUT2D eigenvalue weighted by Crippen LogP contribution is -2.29. The lowest BCUT2D eigenvalue weighted by Gasteiger charge is -2.26. The number of fused-ring (bicyclic) bond motifs is 1. The maximum Gasteiger partial charge on any atom is 0.257 e. The minimum absolute atomic E-state index is 0.0267. The van der Waals surface area contributed by atoms with E-state index in [9.17, 15) is 9.59 Å². The largest absolute Gasteiger partial charge is 0.299 e. The van der Waals surface area contributed by atoms with Crippen molar-refractivity contribution < 1.29 is 9.59 Å². The molecule has 0 saturated carbocycles. The number of thiazole rings is 1. The number of ketones is 1. The molecule has 0 spiro atoms. The number of carbonyl (C=O) groups excluding carboxylic acids is 2. The summed E-state index contributed by atoms with van der Waals surface area (Å²) in [5, 5.41) is 3.43. The van der Waals surface area contributed by atoms with Crippen LogP contribution < -0.4 is 5.32 Å². The van der Waals surface area contributed by atoms with E-state index in [0.717, 1.165) is 29.9 Å². The molecule has 1 amide bonds. The average Bonchev–Trinajstić information content (AvgIpc) is 3.26. The first-order valence-corrected chi connectivity index (χ1v) is 12.1. The molecule has 4 aromatic rings. The molecule has 0 unspecified atom stereocenters. The highest BCUT2D eigenvalue weighted by molar-refractivity contribution is 7.22. The number of piperidine rings is 1. The van der Waals surface area contributed by atoms with Crippen LogP contribution in [0.15, 0.2) is 72.8 Å². The zero-order valence-electron chi connectivity index (χ0n) is 18.3. The molecule has 0 radical (unpaired) electrons. The highest BCUT2D eigenvalue weighted by Crippen LogP contribution is 2.28. The quantitative estimate of drug-likeness (QED) is 0.375. The van der Waals surface area contributed by atoms with E-state index in [1.54, 1.807) is 6.07 Å². The van der Waals surface area contributed by atoms with E-state index in [-0.39, 0.29) is 11.7 Å². The first-order chi connectivity index (χ1) is 16.2. The summed E-state index contributed by atoms with van der Waals surface area (Å²) < 4.78 is 0.865. The number of aromatic nitrogens is 1. The molecule has 1 saturated heterocycles. The summed E-state index contributed by atoms with van der Waals surface area (Å²) in [5.41, 5.74) is 3.86. The van der Waals surface area contributed by atoms with Gasteiger partial charge in [0.1, 0.15) is 0 Å². The maximum absolute atomic E-state index is 12.7. The van der Waals surface area contributed by atoms with Gasteiger partial charge in [0.15, 0.2) is 10.9 Å². The van der Waals surface area contributed by atoms with Crippen LogP contribution in [0.25, 0.3) is 10.2 Å². The van der Waals surface area contributed by atoms with Crippen LogP contribution in [0.2, 0.25) is 0 Å². The molecule has 6 heteroatoms. The van der Waals surface area contributed by atoms with Crippen LogP contribution in [0.5, 0.6) is 0 Å². The Hall–Kier alpha value is -3.35. The zero-order valence-corrected chi connectivity index (χ0v) is 19.1. The van der Waals surface area contributed by atoms with Crippen LogP contribution in [0.3, 0.4) is 0 Å². The molecular weight excluding hydrogens is 430 g/mol. The summed E-state index contributed by atoms with van der Waals surface area (Å²) in [6, 6.07) is 22.5. The van der Waals surface area contributed by atoms with E-state index in [0.29, 0.717) is 21.8 Å². The minimum atomic E-state index is -0.181. The van der Waals surface area contributed by atoms with Crippen molar-refractivity contribution >= 4 is 38.4 Å². The Balaban J connectivity index is 1.26. The molecule has 1 aliphatic heterocycles. The number of nitrogens with zero attached hydrogens (tertiary/aromatic N) is 2. The predicted octanol–water partition coefficient (Wildman–Crippen LogP) is 5.77. The molecule has 0 atom stereocenters. The molecule has 1 aliphatic rings. The molecule has 0 aliphatic carbocycles. The van der Waals surface area contributed by atoms with Gasteiger partial charge in [-0.2, -0.15) is 0 Å². The molecule has 5 nitrogen and oxygen atoms in total. The van der Waals surface area contributed by atoms with Crippen LogP contribution >= 0.6 is 11.3 Å². The van der Waals surface area contributed by atoms with Crippen LogP contribution in [0.1, 0.15) is 51.1 Å². The molecule has 1 aromatic heterocycles. The van der Waals surface area contributed by atoms with Gasteiger partial charge in [0.05, 0.1) is 10.2 Å². The summed E-state index contributed by atoms with van der Waals surface area (Å²) >= 11 is 1.37. The molecule has 1 fully saturated rings. The van der Waals surface area contributed by atoms with Crippen molar-refractivity contribution in [3.8, 4) is 0 Å². The average molecular weight is 456 g/mol. The van der Waals surface area contributed by atoms with Gasteiger partial charge < -0.3 is 0 Å². The third-order valence-electron chi connectivity index (χ3n) is 5.98. The highest BCUT2D eigenvalue weighted by Gasteiger charge is 2.14. The smallest absolute Gasteiger partial charge is 0.257 e. The molecule has 0 bridgehead atoms. The fourth-order valence-corrected chi connectivity index (χ4v) is 5.08. The molecular formula is C27H25N3O2S. The Bertz CT molecular complexity index is 1280. The summed E-state index contributed by atoms with van der Waals surface area (Å²) in [6.07, 6.45) is 3.86. The van der Waals surface area contributed by atoms with Gasteiger partial charge in [-0.25, -0.2) is 4.98 Å². The number of anilines is 1. The number of amides is 1. The van der Waals surface area contributed by atoms with Crippen molar-refractivity contribution in [2.75, 3.05) is 18.4 Å². The normalized spacial score (nSPS) is 14.3. The van der Waals surface area contributed by atoms with E-state index in [4.69, 9.17) is 0 Å². The van der Waals surface area contributed by atoms with Crippen molar-refractivity contribution in [3.05, 3.63) is 95.1 Å². The number of rotatable bonds is 6. The number of nitrogens with one attached hydrogen (secondary N) is 1. The molecule has 3 aromatic carbocycles. The van der Waals surface area contributed by atoms with Crippen molar-refractivity contribution in [1.29, 1.82) is 0 Å². The number of benzene rings is 3. The van der Waals surface area contributed by atoms with Gasteiger partial charge >= 0.3 is 0 Å². The van der Waals surface area contributed by atoms with Crippen LogP contribution in [-0.4, -0.2) is 34.7 Å². The molecule has 166 valence electrons. The number of carbonyl (C=O) groups is 2. The SMILES string of the molecule is O=C(Nc1nc2ccc(C(=O)c3ccccc3)cc2s1)c1ccc(CN2CCCCC2)cc1. The summed E-state index contributed by atoms with van der Waals surface area (Å²) in [4.78, 5) is 32.5. The van der Waals surface area contributed by atoms with E-state index in [2.05, 4.69) is 15.2 Å². The van der Waals surface area contributed by atoms with Gasteiger partial charge in [0.2, 0.25) is 0 Å². The van der Waals surface area contributed by atoms with Crippen LogP contribution in [0.4, 0.5) is 5.13 Å². The lowest BCUT2D eigenvalue weighted by molar-refractivity contribution is 0.102. The Morgan fingerprint density at radius 1 is 0.848 bits per heavy atom. The van der Waals surface area contributed by atoms with Crippen LogP contribution in [-0.2, 0) is 6.54 Å². The Morgan fingerprint density at radius 2 is 1.58 bits per heavy atom. The van der Waals surface area contributed by atoms with E-state index >= 15 is 0 Å².